The van der Waals surface area contributed by atoms with E-state index < -0.39 is 116 Å². The summed E-state index contributed by atoms with van der Waals surface area (Å²) in [6.07, 6.45) is 0. The van der Waals surface area contributed by atoms with Crippen LogP contribution in [0.1, 0.15) is 0 Å². The summed E-state index contributed by atoms with van der Waals surface area (Å²) in [6, 6.07) is 9.57. The highest BCUT2D eigenvalue weighted by molar-refractivity contribution is 7.92. The van der Waals surface area contributed by atoms with Crippen LogP contribution in [0.2, 0.25) is 0 Å². The SMILES string of the molecule is Nc1cc(N)c(N=Nc2ccc3cc(S(=O)(=O)CCOS(=O)(=O)O)ccc3c2S(=O)(=O)O)cc1N=Nc1ccc(S(=O)(=O)CCOS(=O)(=O)O)cc1S(=O)(=O)O. The fourth-order valence-electron chi connectivity index (χ4n) is 4.52. The zero-order valence-corrected chi connectivity index (χ0v) is 32.4. The van der Waals surface area contributed by atoms with Gasteiger partial charge in [-0.05, 0) is 53.9 Å². The van der Waals surface area contributed by atoms with Gasteiger partial charge in [0.2, 0.25) is 0 Å². The number of hydrogen-bond donors (Lipinski definition) is 6. The Morgan fingerprint density at radius 2 is 0.946 bits per heavy atom. The Hall–Kier alpha value is -4.60. The van der Waals surface area contributed by atoms with Crippen molar-refractivity contribution in [3.63, 3.8) is 0 Å². The first kappa shape index (κ1) is 44.1. The number of nitrogens with two attached hydrogens (primary N) is 2. The maximum atomic E-state index is 12.7. The first-order valence-corrected chi connectivity index (χ1v) is 23.4. The second-order valence-corrected chi connectivity index (χ2v) is 20.0. The largest absolute Gasteiger partial charge is 0.397 e. The van der Waals surface area contributed by atoms with Crippen molar-refractivity contribution in [2.45, 2.75) is 19.6 Å². The summed E-state index contributed by atoms with van der Waals surface area (Å²) in [4.78, 5) is -2.99. The highest BCUT2D eigenvalue weighted by Gasteiger charge is 2.25. The second-order valence-electron chi connectivity index (χ2n) is 10.9. The topological polar surface area (TPSA) is 406 Å². The van der Waals surface area contributed by atoms with Crippen molar-refractivity contribution in [2.75, 3.05) is 36.2 Å². The third-order valence-electron chi connectivity index (χ3n) is 6.98. The summed E-state index contributed by atoms with van der Waals surface area (Å²) in [5, 5.41) is 15.0. The molecule has 0 aliphatic rings. The van der Waals surface area contributed by atoms with E-state index in [1.165, 1.54) is 6.07 Å². The summed E-state index contributed by atoms with van der Waals surface area (Å²) in [6.45, 7) is -1.97. The molecule has 8 N–H and O–H groups in total. The molecule has 0 unspecified atom stereocenters. The molecule has 0 radical (unpaired) electrons. The van der Waals surface area contributed by atoms with Crippen LogP contribution in [0.4, 0.5) is 34.1 Å². The fraction of sp³-hybridized carbons (Fsp3) is 0.154. The molecule has 0 aliphatic heterocycles. The van der Waals surface area contributed by atoms with Gasteiger partial charge < -0.3 is 11.5 Å². The average molecular weight is 903 g/mol. The van der Waals surface area contributed by atoms with Crippen molar-refractivity contribution in [2.24, 2.45) is 20.5 Å². The Labute approximate surface area is 318 Å². The van der Waals surface area contributed by atoms with Gasteiger partial charge in [-0.1, -0.05) is 12.1 Å². The molecule has 24 nitrogen and oxygen atoms in total. The summed E-state index contributed by atoms with van der Waals surface area (Å²) in [5.41, 5.74) is 9.97. The molecule has 0 bridgehead atoms. The van der Waals surface area contributed by atoms with Crippen molar-refractivity contribution in [3.05, 3.63) is 60.7 Å². The van der Waals surface area contributed by atoms with E-state index in [4.69, 9.17) is 20.6 Å². The molecule has 30 heteroatoms. The predicted octanol–water partition coefficient (Wildman–Crippen LogP) is 2.51. The number of azo groups is 2. The lowest BCUT2D eigenvalue weighted by molar-refractivity contribution is 0.282. The molecule has 0 amide bonds. The average Bonchev–Trinajstić information content (AvgIpc) is 3.04. The molecule has 0 aliphatic carbocycles. The smallest absolute Gasteiger partial charge is 0.397 e. The van der Waals surface area contributed by atoms with Crippen LogP contribution in [0.25, 0.3) is 10.8 Å². The lowest BCUT2D eigenvalue weighted by atomic mass is 10.1. The van der Waals surface area contributed by atoms with Crippen molar-refractivity contribution >= 4 is 106 Å². The Morgan fingerprint density at radius 3 is 1.43 bits per heavy atom. The maximum Gasteiger partial charge on any atom is 0.397 e. The Balaban J connectivity index is 1.69. The van der Waals surface area contributed by atoms with Crippen LogP contribution in [0.5, 0.6) is 0 Å². The van der Waals surface area contributed by atoms with Crippen molar-refractivity contribution in [1.29, 1.82) is 0 Å². The monoisotopic (exact) mass is 902 g/mol. The van der Waals surface area contributed by atoms with Gasteiger partial charge in [0.15, 0.2) is 19.7 Å². The lowest BCUT2D eigenvalue weighted by Crippen LogP contribution is -2.16. The van der Waals surface area contributed by atoms with Gasteiger partial charge in [0.25, 0.3) is 20.2 Å². The van der Waals surface area contributed by atoms with Crippen molar-refractivity contribution in [1.82, 2.24) is 0 Å². The molecular weight excluding hydrogens is 877 g/mol. The quantitative estimate of drug-likeness (QED) is 0.0534. The molecule has 56 heavy (non-hydrogen) atoms. The third kappa shape index (κ3) is 11.5. The van der Waals surface area contributed by atoms with Gasteiger partial charge in [0, 0.05) is 5.39 Å². The first-order valence-electron chi connectivity index (χ1n) is 14.4. The van der Waals surface area contributed by atoms with Gasteiger partial charge in [-0.3, -0.25) is 18.2 Å². The van der Waals surface area contributed by atoms with Crippen molar-refractivity contribution in [3.8, 4) is 0 Å². The van der Waals surface area contributed by atoms with E-state index in [1.807, 2.05) is 0 Å². The highest BCUT2D eigenvalue weighted by Crippen LogP contribution is 2.39. The molecule has 4 aromatic rings. The number of nitrogens with zero attached hydrogens (tertiary/aromatic N) is 4. The molecule has 0 fully saturated rings. The summed E-state index contributed by atoms with van der Waals surface area (Å²) in [7, 11) is -28.9. The second kappa shape index (κ2) is 16.1. The minimum atomic E-state index is -5.18. The van der Waals surface area contributed by atoms with Gasteiger partial charge >= 0.3 is 20.8 Å². The summed E-state index contributed by atoms with van der Waals surface area (Å²) in [5.74, 6) is -1.92. The normalized spacial score (nSPS) is 13.6. The van der Waals surface area contributed by atoms with Gasteiger partial charge in [0.05, 0.1) is 45.9 Å². The molecular formula is C26H26N6O18S6. The Kier molecular flexibility index (Phi) is 12.7. The van der Waals surface area contributed by atoms with Gasteiger partial charge in [-0.15, -0.1) is 20.5 Å². The lowest BCUT2D eigenvalue weighted by Gasteiger charge is -2.10. The van der Waals surface area contributed by atoms with Crippen LogP contribution >= 0.6 is 0 Å². The zero-order valence-electron chi connectivity index (χ0n) is 27.5. The standard InChI is InChI=1S/C26H26N6O18S6/c27-19-13-20(28)24(14-23(19)31-29-21-6-3-17(12-25(21)53(37,38)39)52(35,36)10-8-50-56(46,47)48)32-30-22-5-1-15-11-16(2-4-18(15)26(22)54(40,41)42)51(33,34)9-7-49-55(43,44)45/h1-6,11-14H,7-10,27-28H2,(H,37,38,39)(H,40,41,42)(H,43,44,45)(H,46,47,48). The molecule has 0 saturated heterocycles. The number of fused-ring (bicyclic) bond motifs is 1. The van der Waals surface area contributed by atoms with E-state index >= 15 is 0 Å². The van der Waals surface area contributed by atoms with E-state index in [0.29, 0.717) is 6.07 Å². The molecule has 0 heterocycles. The van der Waals surface area contributed by atoms with Crippen LogP contribution in [0.3, 0.4) is 0 Å². The number of benzene rings is 4. The van der Waals surface area contributed by atoms with Crippen LogP contribution in [-0.4, -0.2) is 93.4 Å². The molecule has 4 aromatic carbocycles. The van der Waals surface area contributed by atoms with E-state index in [0.717, 1.165) is 48.5 Å². The van der Waals surface area contributed by atoms with Crippen LogP contribution in [0, 0.1) is 0 Å². The molecule has 0 atom stereocenters. The summed E-state index contributed by atoms with van der Waals surface area (Å²) < 4.78 is 188. The highest BCUT2D eigenvalue weighted by atomic mass is 32.3. The van der Waals surface area contributed by atoms with Crippen LogP contribution in [0.15, 0.2) is 101 Å². The Bertz CT molecular complexity index is 2970. The van der Waals surface area contributed by atoms with Gasteiger partial charge in [0.1, 0.15) is 32.5 Å². The van der Waals surface area contributed by atoms with E-state index in [9.17, 15) is 59.6 Å². The zero-order chi connectivity index (χ0) is 42.1. The molecule has 0 aromatic heterocycles. The van der Waals surface area contributed by atoms with Crippen molar-refractivity contribution < 1.29 is 77.1 Å². The number of nitrogen functional groups attached to an aromatic ring is 2. The Morgan fingerprint density at radius 1 is 0.500 bits per heavy atom. The van der Waals surface area contributed by atoms with Crippen LogP contribution < -0.4 is 11.5 Å². The minimum absolute atomic E-state index is 0.0379. The minimum Gasteiger partial charge on any atom is -0.397 e. The first-order chi connectivity index (χ1) is 25.6. The molecule has 4 rings (SSSR count). The fourth-order valence-corrected chi connectivity index (χ4v) is 9.11. The van der Waals surface area contributed by atoms with E-state index in [-0.39, 0.29) is 33.5 Å². The number of hydrogen-bond acceptors (Lipinski definition) is 20. The maximum absolute atomic E-state index is 12.7. The molecule has 0 saturated carbocycles. The molecule has 304 valence electrons. The van der Waals surface area contributed by atoms with Gasteiger partial charge in [-0.2, -0.15) is 33.7 Å². The molecule has 0 spiro atoms. The van der Waals surface area contributed by atoms with Gasteiger partial charge in [-0.25, -0.2) is 25.2 Å². The summed E-state index contributed by atoms with van der Waals surface area (Å²) >= 11 is 0. The predicted molar refractivity (Wildman–Crippen MR) is 193 cm³/mol. The number of sulfone groups is 2. The number of rotatable bonds is 16. The third-order valence-corrected chi connectivity index (χ3v) is 13.1. The van der Waals surface area contributed by atoms with E-state index in [1.54, 1.807) is 0 Å². The van der Waals surface area contributed by atoms with Crippen LogP contribution in [-0.2, 0) is 69.1 Å². The number of anilines is 2. The van der Waals surface area contributed by atoms with E-state index in [2.05, 4.69) is 28.8 Å².